The van der Waals surface area contributed by atoms with E-state index in [0.717, 1.165) is 11.3 Å². The Hall–Kier alpha value is -2.36. The standard InChI is InChI=1S/C19H23FN2O/c1-19(2,15-8-7-9-16(20)12-15)14-21-18(23)13-22(3)17-10-5-4-6-11-17/h4-12H,13-14H2,1-3H3,(H,21,23). The van der Waals surface area contributed by atoms with Crippen molar-refractivity contribution in [1.29, 1.82) is 0 Å². The zero-order valence-electron chi connectivity index (χ0n) is 13.8. The highest BCUT2D eigenvalue weighted by Crippen LogP contribution is 2.22. The lowest BCUT2D eigenvalue weighted by Gasteiger charge is -2.26. The molecule has 23 heavy (non-hydrogen) atoms. The number of nitrogens with zero attached hydrogens (tertiary/aromatic N) is 1. The number of likely N-dealkylation sites (N-methyl/N-ethyl adjacent to an activating group) is 1. The Kier molecular flexibility index (Phi) is 5.37. The highest BCUT2D eigenvalue weighted by atomic mass is 19.1. The Balaban J connectivity index is 1.91. The molecule has 0 heterocycles. The van der Waals surface area contributed by atoms with Gasteiger partial charge in [0.05, 0.1) is 6.54 Å². The van der Waals surface area contributed by atoms with Crippen LogP contribution in [0.5, 0.6) is 0 Å². The van der Waals surface area contributed by atoms with E-state index in [1.807, 2.05) is 62.2 Å². The maximum atomic E-state index is 13.4. The third kappa shape index (κ3) is 4.81. The van der Waals surface area contributed by atoms with E-state index in [1.54, 1.807) is 6.07 Å². The molecule has 1 amide bonds. The second kappa shape index (κ2) is 7.27. The van der Waals surface area contributed by atoms with Gasteiger partial charge >= 0.3 is 0 Å². The van der Waals surface area contributed by atoms with Crippen LogP contribution in [0.25, 0.3) is 0 Å². The summed E-state index contributed by atoms with van der Waals surface area (Å²) in [5.74, 6) is -0.313. The SMILES string of the molecule is CN(CC(=O)NCC(C)(C)c1cccc(F)c1)c1ccccc1. The van der Waals surface area contributed by atoms with Gasteiger partial charge in [0.1, 0.15) is 5.82 Å². The summed E-state index contributed by atoms with van der Waals surface area (Å²) in [4.78, 5) is 14.0. The number of hydrogen-bond acceptors (Lipinski definition) is 2. The Morgan fingerprint density at radius 3 is 2.48 bits per heavy atom. The first-order chi connectivity index (χ1) is 10.9. The largest absolute Gasteiger partial charge is 0.365 e. The molecule has 3 nitrogen and oxygen atoms in total. The molecule has 0 saturated carbocycles. The van der Waals surface area contributed by atoms with Crippen LogP contribution in [0.3, 0.4) is 0 Å². The highest BCUT2D eigenvalue weighted by molar-refractivity contribution is 5.81. The van der Waals surface area contributed by atoms with Gasteiger partial charge in [-0.15, -0.1) is 0 Å². The number of carbonyl (C=O) groups excluding carboxylic acids is 1. The summed E-state index contributed by atoms with van der Waals surface area (Å²) in [6.45, 7) is 4.72. The number of nitrogens with one attached hydrogen (secondary N) is 1. The fourth-order valence-corrected chi connectivity index (χ4v) is 2.38. The van der Waals surface area contributed by atoms with Crippen molar-refractivity contribution in [2.45, 2.75) is 19.3 Å². The van der Waals surface area contributed by atoms with Gasteiger partial charge in [-0.3, -0.25) is 4.79 Å². The van der Waals surface area contributed by atoms with E-state index < -0.39 is 0 Å². The summed E-state index contributed by atoms with van der Waals surface area (Å²) in [6.07, 6.45) is 0. The van der Waals surface area contributed by atoms with Crippen LogP contribution < -0.4 is 10.2 Å². The van der Waals surface area contributed by atoms with Crippen LogP contribution in [-0.4, -0.2) is 26.0 Å². The predicted molar refractivity (Wildman–Crippen MR) is 92.1 cm³/mol. The lowest BCUT2D eigenvalue weighted by molar-refractivity contribution is -0.119. The van der Waals surface area contributed by atoms with E-state index in [9.17, 15) is 9.18 Å². The molecule has 122 valence electrons. The van der Waals surface area contributed by atoms with E-state index >= 15 is 0 Å². The molecule has 2 aromatic carbocycles. The average Bonchev–Trinajstić information content (AvgIpc) is 2.54. The lowest BCUT2D eigenvalue weighted by atomic mass is 9.84. The molecule has 0 unspecified atom stereocenters. The zero-order valence-corrected chi connectivity index (χ0v) is 13.8. The molecule has 2 aromatic rings. The predicted octanol–water partition coefficient (Wildman–Crippen LogP) is 3.36. The van der Waals surface area contributed by atoms with Gasteiger partial charge in [-0.1, -0.05) is 44.2 Å². The molecule has 0 radical (unpaired) electrons. The third-order valence-electron chi connectivity index (χ3n) is 3.91. The smallest absolute Gasteiger partial charge is 0.239 e. The molecule has 0 spiro atoms. The van der Waals surface area contributed by atoms with E-state index in [0.29, 0.717) is 6.54 Å². The fourth-order valence-electron chi connectivity index (χ4n) is 2.38. The topological polar surface area (TPSA) is 32.3 Å². The molecule has 0 aliphatic rings. The molecule has 0 atom stereocenters. The van der Waals surface area contributed by atoms with Crippen LogP contribution in [0.1, 0.15) is 19.4 Å². The summed E-state index contributed by atoms with van der Waals surface area (Å²) >= 11 is 0. The molecule has 2 rings (SSSR count). The molecular formula is C19H23FN2O. The number of benzene rings is 2. The second-order valence-corrected chi connectivity index (χ2v) is 6.36. The van der Waals surface area contributed by atoms with E-state index in [1.165, 1.54) is 12.1 Å². The van der Waals surface area contributed by atoms with Crippen LogP contribution in [0, 0.1) is 5.82 Å². The van der Waals surface area contributed by atoms with Crippen molar-refractivity contribution in [3.05, 3.63) is 66.0 Å². The van der Waals surface area contributed by atoms with Gasteiger partial charge in [0, 0.05) is 24.7 Å². The number of anilines is 1. The molecule has 0 bridgehead atoms. The van der Waals surface area contributed by atoms with Crippen molar-refractivity contribution >= 4 is 11.6 Å². The number of halogens is 1. The molecule has 0 fully saturated rings. The van der Waals surface area contributed by atoms with Crippen LogP contribution in [0.15, 0.2) is 54.6 Å². The van der Waals surface area contributed by atoms with E-state index in [4.69, 9.17) is 0 Å². The summed E-state index contributed by atoms with van der Waals surface area (Å²) in [6, 6.07) is 16.3. The molecule has 0 saturated heterocycles. The van der Waals surface area contributed by atoms with E-state index in [-0.39, 0.29) is 23.7 Å². The number of hydrogen-bond donors (Lipinski definition) is 1. The highest BCUT2D eigenvalue weighted by Gasteiger charge is 2.22. The quantitative estimate of drug-likeness (QED) is 0.887. The van der Waals surface area contributed by atoms with Gasteiger partial charge in [0.25, 0.3) is 0 Å². The maximum Gasteiger partial charge on any atom is 0.239 e. The van der Waals surface area contributed by atoms with Gasteiger partial charge in [-0.25, -0.2) is 4.39 Å². The van der Waals surface area contributed by atoms with Crippen molar-refractivity contribution in [3.63, 3.8) is 0 Å². The van der Waals surface area contributed by atoms with Crippen LogP contribution in [0.2, 0.25) is 0 Å². The van der Waals surface area contributed by atoms with Gasteiger partial charge in [0.15, 0.2) is 0 Å². The average molecular weight is 314 g/mol. The number of amides is 1. The Morgan fingerprint density at radius 1 is 1.13 bits per heavy atom. The summed E-state index contributed by atoms with van der Waals surface area (Å²) in [5.41, 5.74) is 1.53. The molecule has 1 N–H and O–H groups in total. The lowest BCUT2D eigenvalue weighted by Crippen LogP contribution is -2.41. The Bertz CT molecular complexity index is 655. The van der Waals surface area contributed by atoms with Gasteiger partial charge in [-0.05, 0) is 29.8 Å². The first kappa shape index (κ1) is 17.0. The van der Waals surface area contributed by atoms with Gasteiger partial charge in [0.2, 0.25) is 5.91 Å². The zero-order chi connectivity index (χ0) is 16.9. The minimum Gasteiger partial charge on any atom is -0.365 e. The molecule has 0 aliphatic carbocycles. The van der Waals surface area contributed by atoms with Crippen molar-refractivity contribution in [1.82, 2.24) is 5.32 Å². The van der Waals surface area contributed by atoms with Crippen LogP contribution in [0.4, 0.5) is 10.1 Å². The van der Waals surface area contributed by atoms with Crippen LogP contribution in [-0.2, 0) is 10.2 Å². The molecule has 4 heteroatoms. The van der Waals surface area contributed by atoms with Gasteiger partial charge in [-0.2, -0.15) is 0 Å². The van der Waals surface area contributed by atoms with Crippen molar-refractivity contribution in [3.8, 4) is 0 Å². The summed E-state index contributed by atoms with van der Waals surface area (Å²) < 4.78 is 13.4. The number of para-hydroxylation sites is 1. The number of carbonyl (C=O) groups is 1. The molecular weight excluding hydrogens is 291 g/mol. The second-order valence-electron chi connectivity index (χ2n) is 6.36. The Morgan fingerprint density at radius 2 is 1.83 bits per heavy atom. The fraction of sp³-hybridized carbons (Fsp3) is 0.316. The Labute approximate surface area is 137 Å². The molecule has 0 aromatic heterocycles. The minimum absolute atomic E-state index is 0.0548. The summed E-state index contributed by atoms with van der Waals surface area (Å²) in [7, 11) is 1.88. The van der Waals surface area contributed by atoms with Crippen LogP contribution >= 0.6 is 0 Å². The third-order valence-corrected chi connectivity index (χ3v) is 3.91. The van der Waals surface area contributed by atoms with Crippen molar-refractivity contribution < 1.29 is 9.18 Å². The first-order valence-electron chi connectivity index (χ1n) is 7.67. The molecule has 0 aliphatic heterocycles. The summed E-state index contributed by atoms with van der Waals surface area (Å²) in [5, 5.41) is 2.94. The maximum absolute atomic E-state index is 13.4. The van der Waals surface area contributed by atoms with Crippen molar-refractivity contribution in [2.24, 2.45) is 0 Å². The number of rotatable bonds is 6. The minimum atomic E-state index is -0.330. The normalized spacial score (nSPS) is 11.1. The monoisotopic (exact) mass is 314 g/mol. The van der Waals surface area contributed by atoms with E-state index in [2.05, 4.69) is 5.32 Å². The van der Waals surface area contributed by atoms with Crippen molar-refractivity contribution in [2.75, 3.05) is 25.0 Å². The van der Waals surface area contributed by atoms with Gasteiger partial charge < -0.3 is 10.2 Å². The first-order valence-corrected chi connectivity index (χ1v) is 7.67.